The van der Waals surface area contributed by atoms with Crippen molar-refractivity contribution in [2.24, 2.45) is 23.7 Å². The summed E-state index contributed by atoms with van der Waals surface area (Å²) in [6.45, 7) is 14.0. The number of unbranched alkanes of at least 4 members (excludes halogenated alkanes) is 28. The maximum atomic E-state index is 13.0. The van der Waals surface area contributed by atoms with Crippen LogP contribution in [0.15, 0.2) is 0 Å². The number of phosphoric ester groups is 2. The molecule has 0 saturated heterocycles. The first-order valence-corrected chi connectivity index (χ1v) is 37.8. The second-order valence-corrected chi connectivity index (χ2v) is 28.6. The summed E-state index contributed by atoms with van der Waals surface area (Å²) in [5.74, 6) is 0.816. The molecule has 0 aliphatic heterocycles. The van der Waals surface area contributed by atoms with Gasteiger partial charge in [-0.15, -0.1) is 0 Å². The number of aliphatic hydroxyl groups excluding tert-OH is 1. The second-order valence-electron chi connectivity index (χ2n) is 25.6. The molecular weight excluding hydrogens is 1140 g/mol. The van der Waals surface area contributed by atoms with Crippen molar-refractivity contribution in [1.29, 1.82) is 0 Å². The molecule has 0 fully saturated rings. The van der Waals surface area contributed by atoms with E-state index in [2.05, 4.69) is 55.4 Å². The lowest BCUT2D eigenvalue weighted by Gasteiger charge is -2.21. The van der Waals surface area contributed by atoms with Gasteiger partial charge in [0.1, 0.15) is 19.3 Å². The monoisotopic (exact) mass is 1270 g/mol. The quantitative estimate of drug-likeness (QED) is 0.0222. The molecule has 0 aromatic rings. The van der Waals surface area contributed by atoms with E-state index in [4.69, 9.17) is 37.0 Å². The molecule has 0 spiro atoms. The van der Waals surface area contributed by atoms with Crippen molar-refractivity contribution < 1.29 is 80.2 Å². The fraction of sp³-hybridized carbons (Fsp3) is 0.940. The van der Waals surface area contributed by atoms with Gasteiger partial charge in [0.15, 0.2) is 12.2 Å². The Morgan fingerprint density at radius 2 is 0.558 bits per heavy atom. The zero-order chi connectivity index (χ0) is 63.9. The van der Waals surface area contributed by atoms with Gasteiger partial charge in [-0.3, -0.25) is 37.3 Å². The van der Waals surface area contributed by atoms with Gasteiger partial charge in [0.25, 0.3) is 0 Å². The molecule has 510 valence electrons. The molecule has 0 rings (SSSR count). The number of rotatable bonds is 64. The Bertz CT molecular complexity index is 1720. The summed E-state index contributed by atoms with van der Waals surface area (Å²) in [4.78, 5) is 72.3. The van der Waals surface area contributed by atoms with Crippen LogP contribution in [0.5, 0.6) is 0 Å². The molecule has 0 aliphatic rings. The highest BCUT2D eigenvalue weighted by Crippen LogP contribution is 2.45. The van der Waals surface area contributed by atoms with Gasteiger partial charge in [-0.2, -0.15) is 0 Å². The van der Waals surface area contributed by atoms with Crippen molar-refractivity contribution in [2.45, 2.75) is 343 Å². The number of aliphatic hydroxyl groups is 1. The number of ether oxygens (including phenoxy) is 4. The second kappa shape index (κ2) is 57.0. The van der Waals surface area contributed by atoms with Gasteiger partial charge in [-0.05, 0) is 49.4 Å². The molecule has 0 bridgehead atoms. The first-order chi connectivity index (χ1) is 41.2. The fourth-order valence-electron chi connectivity index (χ4n) is 9.89. The van der Waals surface area contributed by atoms with Crippen molar-refractivity contribution in [3.05, 3.63) is 0 Å². The average molecular weight is 1270 g/mol. The van der Waals surface area contributed by atoms with Crippen molar-refractivity contribution in [2.75, 3.05) is 39.6 Å². The van der Waals surface area contributed by atoms with Crippen LogP contribution in [0.4, 0.5) is 0 Å². The lowest BCUT2D eigenvalue weighted by Crippen LogP contribution is -2.30. The lowest BCUT2D eigenvalue weighted by molar-refractivity contribution is -0.161. The number of carbonyl (C=O) groups is 4. The van der Waals surface area contributed by atoms with E-state index < -0.39 is 97.5 Å². The molecule has 0 heterocycles. The van der Waals surface area contributed by atoms with Gasteiger partial charge < -0.3 is 33.8 Å². The van der Waals surface area contributed by atoms with Crippen LogP contribution in [-0.4, -0.2) is 96.7 Å². The SMILES string of the molecule is CCC(C)CCCCCCCCCCC(=O)OC[C@H](COP(=O)(O)OC[C@@H](O)COP(=O)(O)OC[C@@H](COC(=O)CCCCCCCCC(C)C)OC(=O)CCCCCCCCCCCCCCC(C)C)OC(=O)CCCCCCCCC(C)CC. The van der Waals surface area contributed by atoms with Crippen LogP contribution < -0.4 is 0 Å². The van der Waals surface area contributed by atoms with E-state index in [0.29, 0.717) is 31.6 Å². The van der Waals surface area contributed by atoms with Crippen molar-refractivity contribution in [1.82, 2.24) is 0 Å². The maximum absolute atomic E-state index is 13.0. The average Bonchev–Trinajstić information content (AvgIpc) is 3.48. The summed E-state index contributed by atoms with van der Waals surface area (Å²) in [7, 11) is -9.90. The third-order valence-electron chi connectivity index (χ3n) is 16.0. The van der Waals surface area contributed by atoms with Gasteiger partial charge in [0.2, 0.25) is 0 Å². The van der Waals surface area contributed by atoms with Gasteiger partial charge in [-0.25, -0.2) is 9.13 Å². The highest BCUT2D eigenvalue weighted by molar-refractivity contribution is 7.47. The van der Waals surface area contributed by atoms with Crippen LogP contribution in [0, 0.1) is 23.7 Å². The molecule has 7 atom stereocenters. The zero-order valence-electron chi connectivity index (χ0n) is 55.9. The van der Waals surface area contributed by atoms with Crippen LogP contribution in [0.3, 0.4) is 0 Å². The Morgan fingerprint density at radius 1 is 0.326 bits per heavy atom. The number of esters is 4. The molecule has 17 nitrogen and oxygen atoms in total. The molecule has 0 radical (unpaired) electrons. The summed E-state index contributed by atoms with van der Waals surface area (Å²) in [5, 5.41) is 10.6. The van der Waals surface area contributed by atoms with Gasteiger partial charge in [0.05, 0.1) is 26.4 Å². The highest BCUT2D eigenvalue weighted by Gasteiger charge is 2.30. The Balaban J connectivity index is 5.24. The number of phosphoric acid groups is 2. The van der Waals surface area contributed by atoms with E-state index in [0.717, 1.165) is 114 Å². The largest absolute Gasteiger partial charge is 0.472 e. The summed E-state index contributed by atoms with van der Waals surface area (Å²) in [6, 6.07) is 0. The minimum atomic E-state index is -4.95. The van der Waals surface area contributed by atoms with Crippen LogP contribution in [0.2, 0.25) is 0 Å². The normalized spacial score (nSPS) is 15.0. The van der Waals surface area contributed by atoms with E-state index in [1.165, 1.54) is 122 Å². The molecule has 0 aromatic heterocycles. The molecular formula is C67H130O17P2. The van der Waals surface area contributed by atoms with E-state index in [-0.39, 0.29) is 25.7 Å². The van der Waals surface area contributed by atoms with Gasteiger partial charge >= 0.3 is 39.5 Å². The van der Waals surface area contributed by atoms with Crippen molar-refractivity contribution in [3.63, 3.8) is 0 Å². The van der Waals surface area contributed by atoms with E-state index in [9.17, 15) is 43.2 Å². The summed E-state index contributed by atoms with van der Waals surface area (Å²) >= 11 is 0. The van der Waals surface area contributed by atoms with E-state index in [1.54, 1.807) is 0 Å². The minimum absolute atomic E-state index is 0.102. The van der Waals surface area contributed by atoms with Gasteiger partial charge in [-0.1, -0.05) is 274 Å². The molecule has 0 aromatic carbocycles. The smallest absolute Gasteiger partial charge is 0.462 e. The standard InChI is InChI=1S/C67H130O17P2/c1-9-59(7)45-37-29-20-17-18-21-31-39-47-64(69)77-53-63(84-67(72)50-42-34-26-24-30-38-46-60(8)10-2)56-82-86(75,76)80-52-61(68)51-79-85(73,74)81-55-62(54-78-65(70)48-40-32-25-23-28-36-44-58(5)6)83-66(71)49-41-33-22-16-14-12-11-13-15-19-27-35-43-57(3)4/h57-63,68H,9-56H2,1-8H3,(H,73,74)(H,75,76)/t59?,60?,61-,62+,63+/m0/s1. The lowest BCUT2D eigenvalue weighted by atomic mass is 9.99. The predicted octanol–water partition coefficient (Wildman–Crippen LogP) is 18.5. The zero-order valence-corrected chi connectivity index (χ0v) is 57.7. The van der Waals surface area contributed by atoms with Gasteiger partial charge in [0, 0.05) is 25.7 Å². The summed E-state index contributed by atoms with van der Waals surface area (Å²) in [5.41, 5.74) is 0. The molecule has 0 aliphatic carbocycles. The Hall–Kier alpha value is -1.94. The van der Waals surface area contributed by atoms with Crippen LogP contribution in [0.1, 0.15) is 325 Å². The third-order valence-corrected chi connectivity index (χ3v) is 17.9. The van der Waals surface area contributed by atoms with E-state index >= 15 is 0 Å². The molecule has 19 heteroatoms. The Labute approximate surface area is 524 Å². The summed E-state index contributed by atoms with van der Waals surface area (Å²) in [6.07, 6.45) is 37.7. The number of hydrogen-bond acceptors (Lipinski definition) is 15. The molecule has 86 heavy (non-hydrogen) atoms. The van der Waals surface area contributed by atoms with Crippen molar-refractivity contribution >= 4 is 39.5 Å². The Morgan fingerprint density at radius 3 is 0.826 bits per heavy atom. The van der Waals surface area contributed by atoms with Crippen molar-refractivity contribution in [3.8, 4) is 0 Å². The highest BCUT2D eigenvalue weighted by atomic mass is 31.2. The summed E-state index contributed by atoms with van der Waals surface area (Å²) < 4.78 is 68.1. The molecule has 0 saturated carbocycles. The molecule has 3 N–H and O–H groups in total. The molecule has 4 unspecified atom stereocenters. The predicted molar refractivity (Wildman–Crippen MR) is 344 cm³/mol. The fourth-order valence-corrected chi connectivity index (χ4v) is 11.5. The van der Waals surface area contributed by atoms with Crippen LogP contribution >= 0.6 is 15.6 Å². The first-order valence-electron chi connectivity index (χ1n) is 34.8. The topological polar surface area (TPSA) is 237 Å². The Kier molecular flexibility index (Phi) is 55.7. The minimum Gasteiger partial charge on any atom is -0.462 e. The first kappa shape index (κ1) is 84.1. The van der Waals surface area contributed by atoms with E-state index in [1.807, 2.05) is 0 Å². The number of hydrogen-bond donors (Lipinski definition) is 3. The van der Waals surface area contributed by atoms with Crippen LogP contribution in [0.25, 0.3) is 0 Å². The van der Waals surface area contributed by atoms with Crippen LogP contribution in [-0.2, 0) is 65.4 Å². The maximum Gasteiger partial charge on any atom is 0.472 e. The third kappa shape index (κ3) is 58.4. The molecule has 0 amide bonds. The number of carbonyl (C=O) groups excluding carboxylic acids is 4.